The number of hydrogen-bond acceptors (Lipinski definition) is 7. The van der Waals surface area contributed by atoms with Crippen molar-refractivity contribution in [3.63, 3.8) is 0 Å². The summed E-state index contributed by atoms with van der Waals surface area (Å²) in [7, 11) is 0. The molecule has 0 bridgehead atoms. The van der Waals surface area contributed by atoms with Gasteiger partial charge in [0.15, 0.2) is 23.1 Å². The molecule has 0 aliphatic carbocycles. The summed E-state index contributed by atoms with van der Waals surface area (Å²) in [5.74, 6) is 1.94. The van der Waals surface area contributed by atoms with E-state index in [4.69, 9.17) is 4.52 Å². The number of carbonyl (C=O) groups excluding carboxylic acids is 1. The van der Waals surface area contributed by atoms with Crippen LogP contribution in [0.5, 0.6) is 0 Å². The number of nitrogens with zero attached hydrogens (tertiary/aromatic N) is 7. The molecular formula is C23H23N7O2. The van der Waals surface area contributed by atoms with E-state index in [1.54, 1.807) is 15.6 Å². The van der Waals surface area contributed by atoms with Crippen molar-refractivity contribution in [1.82, 2.24) is 30.0 Å². The topological polar surface area (TPSA) is 93.2 Å². The van der Waals surface area contributed by atoms with Crippen molar-refractivity contribution in [3.05, 3.63) is 71.7 Å². The average molecular weight is 429 g/mol. The van der Waals surface area contributed by atoms with E-state index in [2.05, 4.69) is 25.4 Å². The van der Waals surface area contributed by atoms with Crippen LogP contribution in [0.3, 0.4) is 0 Å². The fraction of sp³-hybridized carbons (Fsp3) is 0.261. The molecule has 1 amide bonds. The van der Waals surface area contributed by atoms with Gasteiger partial charge in [0, 0.05) is 43.5 Å². The Labute approximate surface area is 185 Å². The molecule has 0 atom stereocenters. The molecule has 162 valence electrons. The van der Waals surface area contributed by atoms with Crippen LogP contribution in [0.2, 0.25) is 0 Å². The Balaban J connectivity index is 1.22. The maximum atomic E-state index is 12.9. The summed E-state index contributed by atoms with van der Waals surface area (Å²) in [4.78, 5) is 16.8. The highest BCUT2D eigenvalue weighted by molar-refractivity contribution is 5.93. The van der Waals surface area contributed by atoms with Crippen molar-refractivity contribution in [3.8, 4) is 17.1 Å². The van der Waals surface area contributed by atoms with Crippen LogP contribution < -0.4 is 4.90 Å². The quantitative estimate of drug-likeness (QED) is 0.492. The van der Waals surface area contributed by atoms with Gasteiger partial charge in [-0.1, -0.05) is 35.5 Å². The van der Waals surface area contributed by atoms with E-state index < -0.39 is 0 Å². The van der Waals surface area contributed by atoms with Gasteiger partial charge in [0.1, 0.15) is 0 Å². The van der Waals surface area contributed by atoms with E-state index in [0.29, 0.717) is 43.5 Å². The van der Waals surface area contributed by atoms with Gasteiger partial charge >= 0.3 is 0 Å². The molecule has 1 aromatic carbocycles. The predicted molar refractivity (Wildman–Crippen MR) is 119 cm³/mol. The molecule has 9 nitrogen and oxygen atoms in total. The van der Waals surface area contributed by atoms with E-state index in [0.717, 1.165) is 22.8 Å². The molecular weight excluding hydrogens is 406 g/mol. The second kappa shape index (κ2) is 8.26. The fourth-order valence-electron chi connectivity index (χ4n) is 3.88. The van der Waals surface area contributed by atoms with Gasteiger partial charge in [-0.25, -0.2) is 4.68 Å². The van der Waals surface area contributed by atoms with E-state index in [1.165, 1.54) is 0 Å². The number of piperazine rings is 1. The first-order chi connectivity index (χ1) is 15.6. The third-order valence-electron chi connectivity index (χ3n) is 5.54. The fourth-order valence-corrected chi connectivity index (χ4v) is 3.88. The van der Waals surface area contributed by atoms with Gasteiger partial charge in [-0.05, 0) is 32.0 Å². The lowest BCUT2D eigenvalue weighted by atomic mass is 10.1. The molecule has 4 heterocycles. The van der Waals surface area contributed by atoms with E-state index in [-0.39, 0.29) is 5.91 Å². The highest BCUT2D eigenvalue weighted by Gasteiger charge is 2.25. The number of carbonyl (C=O) groups is 1. The van der Waals surface area contributed by atoms with Crippen molar-refractivity contribution in [2.45, 2.75) is 13.8 Å². The molecule has 9 heteroatoms. The van der Waals surface area contributed by atoms with Crippen LogP contribution >= 0.6 is 0 Å². The zero-order chi connectivity index (χ0) is 22.1. The third kappa shape index (κ3) is 3.84. The third-order valence-corrected chi connectivity index (χ3v) is 5.54. The van der Waals surface area contributed by atoms with E-state index in [9.17, 15) is 4.79 Å². The Hall–Kier alpha value is -4.01. The number of benzene rings is 1. The van der Waals surface area contributed by atoms with Gasteiger partial charge in [0.05, 0.1) is 5.69 Å². The second-order valence-corrected chi connectivity index (χ2v) is 7.81. The highest BCUT2D eigenvalue weighted by Crippen LogP contribution is 2.21. The van der Waals surface area contributed by atoms with Crippen LogP contribution in [-0.2, 0) is 0 Å². The van der Waals surface area contributed by atoms with Gasteiger partial charge < -0.3 is 14.3 Å². The molecule has 0 N–H and O–H groups in total. The van der Waals surface area contributed by atoms with Crippen molar-refractivity contribution in [1.29, 1.82) is 0 Å². The number of anilines is 1. The number of hydrogen-bond donors (Lipinski definition) is 0. The minimum absolute atomic E-state index is 0.124. The Morgan fingerprint density at radius 2 is 1.62 bits per heavy atom. The largest absolute Gasteiger partial charge is 0.355 e. The van der Waals surface area contributed by atoms with E-state index in [1.807, 2.05) is 62.4 Å². The normalized spacial score (nSPS) is 14.1. The summed E-state index contributed by atoms with van der Waals surface area (Å²) >= 11 is 0. The molecule has 3 aromatic heterocycles. The lowest BCUT2D eigenvalue weighted by molar-refractivity contribution is 0.0736. The Bertz CT molecular complexity index is 1220. The summed E-state index contributed by atoms with van der Waals surface area (Å²) < 4.78 is 7.16. The van der Waals surface area contributed by atoms with Crippen LogP contribution in [0.1, 0.15) is 21.9 Å². The maximum absolute atomic E-state index is 12.9. The van der Waals surface area contributed by atoms with Gasteiger partial charge in [-0.15, -0.1) is 10.2 Å². The lowest BCUT2D eigenvalue weighted by Gasteiger charge is -2.34. The van der Waals surface area contributed by atoms with Gasteiger partial charge in [-0.2, -0.15) is 5.10 Å². The standard InChI is InChI=1S/C23H23N7O2/c1-16-14-17(2)30(26-16)22-9-8-21(24-25-22)28-10-12-29(13-11-28)23(31)19-15-20(32-27-19)18-6-4-3-5-7-18/h3-9,14-15H,10-13H2,1-2H3. The zero-order valence-corrected chi connectivity index (χ0v) is 18.0. The number of amides is 1. The first kappa shape index (κ1) is 19.9. The van der Waals surface area contributed by atoms with Gasteiger partial charge in [-0.3, -0.25) is 4.79 Å². The molecule has 1 saturated heterocycles. The Kier molecular flexibility index (Phi) is 5.14. The van der Waals surface area contributed by atoms with Crippen LogP contribution in [0.15, 0.2) is 59.1 Å². The second-order valence-electron chi connectivity index (χ2n) is 7.81. The molecule has 1 aliphatic heterocycles. The predicted octanol–water partition coefficient (Wildman–Crippen LogP) is 2.90. The molecule has 4 aromatic rings. The Morgan fingerprint density at radius 3 is 2.28 bits per heavy atom. The summed E-state index contributed by atoms with van der Waals surface area (Å²) in [6, 6.07) is 17.2. The summed E-state index contributed by atoms with van der Waals surface area (Å²) in [6.45, 7) is 6.43. The smallest absolute Gasteiger partial charge is 0.276 e. The summed E-state index contributed by atoms with van der Waals surface area (Å²) in [5.41, 5.74) is 3.18. The zero-order valence-electron chi connectivity index (χ0n) is 18.0. The monoisotopic (exact) mass is 429 g/mol. The van der Waals surface area contributed by atoms with Crippen LogP contribution in [0.25, 0.3) is 17.1 Å². The molecule has 0 saturated carbocycles. The molecule has 0 spiro atoms. The number of aryl methyl sites for hydroxylation is 2. The first-order valence-electron chi connectivity index (χ1n) is 10.5. The average Bonchev–Trinajstić information content (AvgIpc) is 3.46. The lowest BCUT2D eigenvalue weighted by Crippen LogP contribution is -2.49. The van der Waals surface area contributed by atoms with Crippen molar-refractivity contribution in [2.24, 2.45) is 0 Å². The minimum atomic E-state index is -0.124. The van der Waals surface area contributed by atoms with Crippen molar-refractivity contribution >= 4 is 11.7 Å². The SMILES string of the molecule is Cc1cc(C)n(-c2ccc(N3CCN(C(=O)c4cc(-c5ccccc5)on4)CC3)nn2)n1. The molecule has 1 aliphatic rings. The number of rotatable bonds is 4. The van der Waals surface area contributed by atoms with Crippen molar-refractivity contribution in [2.75, 3.05) is 31.1 Å². The summed E-state index contributed by atoms with van der Waals surface area (Å²) in [6.07, 6.45) is 0. The molecule has 0 unspecified atom stereocenters. The molecule has 32 heavy (non-hydrogen) atoms. The van der Waals surface area contributed by atoms with E-state index >= 15 is 0 Å². The Morgan fingerprint density at radius 1 is 0.906 bits per heavy atom. The van der Waals surface area contributed by atoms with Gasteiger partial charge in [0.2, 0.25) is 0 Å². The van der Waals surface area contributed by atoms with Crippen LogP contribution in [0.4, 0.5) is 5.82 Å². The van der Waals surface area contributed by atoms with Crippen molar-refractivity contribution < 1.29 is 9.32 Å². The summed E-state index contributed by atoms with van der Waals surface area (Å²) in [5, 5.41) is 17.1. The molecule has 5 rings (SSSR count). The van der Waals surface area contributed by atoms with Crippen LogP contribution in [-0.4, -0.2) is 62.1 Å². The highest BCUT2D eigenvalue weighted by atomic mass is 16.5. The maximum Gasteiger partial charge on any atom is 0.276 e. The molecule has 0 radical (unpaired) electrons. The molecule has 1 fully saturated rings. The minimum Gasteiger partial charge on any atom is -0.355 e. The van der Waals surface area contributed by atoms with Crippen LogP contribution in [0, 0.1) is 13.8 Å². The first-order valence-corrected chi connectivity index (χ1v) is 10.5. The van der Waals surface area contributed by atoms with Gasteiger partial charge in [0.25, 0.3) is 5.91 Å². The number of aromatic nitrogens is 5.